The van der Waals surface area contributed by atoms with Crippen molar-refractivity contribution >= 4 is 29.9 Å². The monoisotopic (exact) mass is 433 g/mol. The zero-order valence-electron chi connectivity index (χ0n) is 14.4. The van der Waals surface area contributed by atoms with Crippen LogP contribution in [0.15, 0.2) is 23.2 Å². The number of halogens is 1. The molecule has 0 saturated carbocycles. The lowest BCUT2D eigenvalue weighted by atomic mass is 10.1. The molecule has 0 bridgehead atoms. The molecule has 1 aliphatic rings. The van der Waals surface area contributed by atoms with Gasteiger partial charge in [0, 0.05) is 33.7 Å². The molecule has 1 aliphatic heterocycles. The molecule has 0 aromatic heterocycles. The Labute approximate surface area is 156 Å². The Kier molecular flexibility index (Phi) is 8.11. The number of hydrogen-bond acceptors (Lipinski definition) is 3. The molecule has 0 spiro atoms. The second kappa shape index (κ2) is 9.32. The van der Waals surface area contributed by atoms with E-state index in [0.29, 0.717) is 6.54 Å². The molecule has 6 heteroatoms. The molecule has 0 radical (unpaired) electrons. The second-order valence-electron chi connectivity index (χ2n) is 6.11. The smallest absolute Gasteiger partial charge is 0.191 e. The number of rotatable bonds is 6. The van der Waals surface area contributed by atoms with E-state index in [2.05, 4.69) is 33.8 Å². The number of aliphatic imine (C=N–C) groups is 1. The molecular formula is C17H28IN3O2. The van der Waals surface area contributed by atoms with Crippen LogP contribution in [0.25, 0.3) is 0 Å². The highest BCUT2D eigenvalue weighted by Gasteiger charge is 2.16. The first kappa shape index (κ1) is 20.0. The summed E-state index contributed by atoms with van der Waals surface area (Å²) >= 11 is 0. The quantitative estimate of drug-likeness (QED) is 0.411. The number of nitrogens with zero attached hydrogens (tertiary/aromatic N) is 1. The predicted molar refractivity (Wildman–Crippen MR) is 105 cm³/mol. The summed E-state index contributed by atoms with van der Waals surface area (Å²) in [5, 5.41) is 6.62. The number of benzene rings is 1. The van der Waals surface area contributed by atoms with E-state index < -0.39 is 0 Å². The molecule has 0 aliphatic carbocycles. The second-order valence-corrected chi connectivity index (χ2v) is 6.11. The Morgan fingerprint density at radius 1 is 1.35 bits per heavy atom. The van der Waals surface area contributed by atoms with Crippen LogP contribution in [0.4, 0.5) is 0 Å². The molecule has 0 amide bonds. The van der Waals surface area contributed by atoms with E-state index in [9.17, 15) is 0 Å². The molecule has 2 N–H and O–H groups in total. The van der Waals surface area contributed by atoms with Gasteiger partial charge in [-0.05, 0) is 37.5 Å². The Morgan fingerprint density at radius 2 is 2.13 bits per heavy atom. The molecule has 130 valence electrons. The lowest BCUT2D eigenvalue weighted by Gasteiger charge is -2.24. The third-order valence-corrected chi connectivity index (χ3v) is 3.92. The van der Waals surface area contributed by atoms with Crippen LogP contribution in [0.2, 0.25) is 0 Å². The van der Waals surface area contributed by atoms with Gasteiger partial charge >= 0.3 is 0 Å². The van der Waals surface area contributed by atoms with Crippen LogP contribution in [0.1, 0.15) is 25.0 Å². The summed E-state index contributed by atoms with van der Waals surface area (Å²) in [6.07, 6.45) is 1.98. The maximum absolute atomic E-state index is 5.53. The SMILES string of the molecule is CN=C(NCCc1ccc2c(c1)CCO2)NCC(C)(C)OC.I. The molecule has 1 heterocycles. The summed E-state index contributed by atoms with van der Waals surface area (Å²) in [5.74, 6) is 1.84. The van der Waals surface area contributed by atoms with Gasteiger partial charge < -0.3 is 20.1 Å². The van der Waals surface area contributed by atoms with Crippen LogP contribution in [0.3, 0.4) is 0 Å². The summed E-state index contributed by atoms with van der Waals surface area (Å²) in [6, 6.07) is 6.45. The van der Waals surface area contributed by atoms with Gasteiger partial charge in [-0.1, -0.05) is 12.1 Å². The number of ether oxygens (including phenoxy) is 2. The molecule has 0 saturated heterocycles. The first-order chi connectivity index (χ1) is 10.5. The molecule has 1 aromatic rings. The molecule has 0 fully saturated rings. The standard InChI is InChI=1S/C17H27N3O2.HI/c1-17(2,21-4)12-20-16(18-3)19-9-7-13-5-6-15-14(11-13)8-10-22-15;/h5-6,11H,7-10,12H2,1-4H3,(H2,18,19,20);1H. The van der Waals surface area contributed by atoms with E-state index in [1.54, 1.807) is 14.2 Å². The Morgan fingerprint density at radius 3 is 2.83 bits per heavy atom. The maximum atomic E-state index is 5.53. The van der Waals surface area contributed by atoms with Crippen molar-refractivity contribution in [1.29, 1.82) is 0 Å². The molecule has 0 unspecified atom stereocenters. The van der Waals surface area contributed by atoms with Crippen LogP contribution in [0, 0.1) is 0 Å². The van der Waals surface area contributed by atoms with Crippen LogP contribution in [-0.2, 0) is 17.6 Å². The zero-order valence-corrected chi connectivity index (χ0v) is 16.8. The van der Waals surface area contributed by atoms with E-state index in [0.717, 1.165) is 37.7 Å². The Hall–Kier alpha value is -1.02. The van der Waals surface area contributed by atoms with Gasteiger partial charge in [0.25, 0.3) is 0 Å². The number of hydrogen-bond donors (Lipinski definition) is 2. The Bertz CT molecular complexity index is 533. The van der Waals surface area contributed by atoms with Crippen LogP contribution in [0.5, 0.6) is 5.75 Å². The van der Waals surface area contributed by atoms with E-state index in [4.69, 9.17) is 9.47 Å². The molecule has 2 rings (SSSR count). The number of fused-ring (bicyclic) bond motifs is 1. The van der Waals surface area contributed by atoms with Crippen LogP contribution < -0.4 is 15.4 Å². The van der Waals surface area contributed by atoms with Gasteiger partial charge in [0.1, 0.15) is 5.75 Å². The van der Waals surface area contributed by atoms with Crippen LogP contribution in [-0.4, -0.2) is 45.4 Å². The largest absolute Gasteiger partial charge is 0.493 e. The van der Waals surface area contributed by atoms with Gasteiger partial charge in [-0.15, -0.1) is 24.0 Å². The van der Waals surface area contributed by atoms with Gasteiger partial charge in [-0.3, -0.25) is 4.99 Å². The number of methoxy groups -OCH3 is 1. The van der Waals surface area contributed by atoms with E-state index in [1.807, 2.05) is 13.8 Å². The highest BCUT2D eigenvalue weighted by molar-refractivity contribution is 14.0. The lowest BCUT2D eigenvalue weighted by molar-refractivity contribution is 0.0268. The van der Waals surface area contributed by atoms with Crippen molar-refractivity contribution in [2.45, 2.75) is 32.3 Å². The lowest BCUT2D eigenvalue weighted by Crippen LogP contribution is -2.45. The third kappa shape index (κ3) is 6.18. The average molecular weight is 433 g/mol. The molecule has 1 aromatic carbocycles. The van der Waals surface area contributed by atoms with E-state index in [-0.39, 0.29) is 29.6 Å². The van der Waals surface area contributed by atoms with Gasteiger partial charge in [0.05, 0.1) is 12.2 Å². The van der Waals surface area contributed by atoms with Gasteiger partial charge in [-0.25, -0.2) is 0 Å². The van der Waals surface area contributed by atoms with Crippen molar-refractivity contribution < 1.29 is 9.47 Å². The normalized spacial score (nSPS) is 13.8. The van der Waals surface area contributed by atoms with Crippen molar-refractivity contribution in [2.24, 2.45) is 4.99 Å². The molecule has 0 atom stereocenters. The maximum Gasteiger partial charge on any atom is 0.191 e. The van der Waals surface area contributed by atoms with Crippen molar-refractivity contribution in [3.63, 3.8) is 0 Å². The van der Waals surface area contributed by atoms with Crippen molar-refractivity contribution in [3.8, 4) is 5.75 Å². The van der Waals surface area contributed by atoms with E-state index in [1.165, 1.54) is 11.1 Å². The zero-order chi connectivity index (χ0) is 16.0. The van der Waals surface area contributed by atoms with Crippen molar-refractivity contribution in [2.75, 3.05) is 33.9 Å². The number of nitrogens with one attached hydrogen (secondary N) is 2. The topological polar surface area (TPSA) is 54.9 Å². The summed E-state index contributed by atoms with van der Waals surface area (Å²) in [5.41, 5.74) is 2.43. The molecular weight excluding hydrogens is 405 g/mol. The first-order valence-corrected chi connectivity index (χ1v) is 7.78. The minimum absolute atomic E-state index is 0. The average Bonchev–Trinajstić information content (AvgIpc) is 2.98. The predicted octanol–water partition coefficient (Wildman–Crippen LogP) is 2.37. The summed E-state index contributed by atoms with van der Waals surface area (Å²) in [6.45, 7) is 6.44. The summed E-state index contributed by atoms with van der Waals surface area (Å²) in [7, 11) is 3.50. The van der Waals surface area contributed by atoms with E-state index >= 15 is 0 Å². The fourth-order valence-corrected chi connectivity index (χ4v) is 2.31. The van der Waals surface area contributed by atoms with Crippen molar-refractivity contribution in [1.82, 2.24) is 10.6 Å². The van der Waals surface area contributed by atoms with Gasteiger partial charge in [0.2, 0.25) is 0 Å². The highest BCUT2D eigenvalue weighted by atomic mass is 127. The van der Waals surface area contributed by atoms with Gasteiger partial charge in [-0.2, -0.15) is 0 Å². The minimum atomic E-state index is -0.211. The van der Waals surface area contributed by atoms with Crippen LogP contribution >= 0.6 is 24.0 Å². The minimum Gasteiger partial charge on any atom is -0.493 e. The number of guanidine groups is 1. The Balaban J connectivity index is 0.00000264. The van der Waals surface area contributed by atoms with Crippen molar-refractivity contribution in [3.05, 3.63) is 29.3 Å². The summed E-state index contributed by atoms with van der Waals surface area (Å²) < 4.78 is 10.9. The highest BCUT2D eigenvalue weighted by Crippen LogP contribution is 2.25. The fraction of sp³-hybridized carbons (Fsp3) is 0.588. The summed E-state index contributed by atoms with van der Waals surface area (Å²) in [4.78, 5) is 4.23. The molecule has 23 heavy (non-hydrogen) atoms. The fourth-order valence-electron chi connectivity index (χ4n) is 2.31. The third-order valence-electron chi connectivity index (χ3n) is 3.92. The first-order valence-electron chi connectivity index (χ1n) is 7.78. The molecule has 5 nitrogen and oxygen atoms in total. The van der Waals surface area contributed by atoms with Gasteiger partial charge in [0.15, 0.2) is 5.96 Å².